The van der Waals surface area contributed by atoms with Gasteiger partial charge in [-0.05, 0) is 40.8 Å². The van der Waals surface area contributed by atoms with Crippen molar-refractivity contribution in [1.29, 1.82) is 0 Å². The molecule has 2 aromatic carbocycles. The van der Waals surface area contributed by atoms with Crippen LogP contribution in [0.15, 0.2) is 42.5 Å². The van der Waals surface area contributed by atoms with E-state index in [0.717, 1.165) is 6.42 Å². The Morgan fingerprint density at radius 3 is 2.35 bits per heavy atom. The Morgan fingerprint density at radius 2 is 1.59 bits per heavy atom. The van der Waals surface area contributed by atoms with Gasteiger partial charge in [0.1, 0.15) is 0 Å². The van der Waals surface area contributed by atoms with E-state index in [1.165, 1.54) is 27.9 Å². The first kappa shape index (κ1) is 12.0. The predicted molar refractivity (Wildman–Crippen MR) is 76.3 cm³/mol. The highest BCUT2D eigenvalue weighted by Crippen LogP contribution is 2.37. The summed E-state index contributed by atoms with van der Waals surface area (Å²) in [5, 5.41) is 0. The SMILES string of the molecule is CN(C)c1ccc2c(c1)Cc1ccccc1-2.Cl. The van der Waals surface area contributed by atoms with E-state index in [4.69, 9.17) is 0 Å². The van der Waals surface area contributed by atoms with E-state index in [2.05, 4.69) is 61.5 Å². The van der Waals surface area contributed by atoms with Crippen molar-refractivity contribution < 1.29 is 0 Å². The minimum atomic E-state index is 0. The lowest BCUT2D eigenvalue weighted by Crippen LogP contribution is -2.08. The van der Waals surface area contributed by atoms with Crippen molar-refractivity contribution in [2.45, 2.75) is 6.42 Å². The first-order valence-electron chi connectivity index (χ1n) is 5.64. The van der Waals surface area contributed by atoms with Crippen LogP contribution in [-0.2, 0) is 6.42 Å². The maximum absolute atomic E-state index is 2.30. The lowest BCUT2D eigenvalue weighted by Gasteiger charge is -2.13. The van der Waals surface area contributed by atoms with Crippen LogP contribution in [0.3, 0.4) is 0 Å². The van der Waals surface area contributed by atoms with Crippen LogP contribution in [0.25, 0.3) is 11.1 Å². The molecule has 0 fully saturated rings. The van der Waals surface area contributed by atoms with Crippen LogP contribution in [0.1, 0.15) is 11.1 Å². The minimum Gasteiger partial charge on any atom is -0.378 e. The van der Waals surface area contributed by atoms with Crippen molar-refractivity contribution in [3.8, 4) is 11.1 Å². The summed E-state index contributed by atoms with van der Waals surface area (Å²) < 4.78 is 0. The largest absolute Gasteiger partial charge is 0.378 e. The standard InChI is InChI=1S/C15H15N.ClH/c1-16(2)13-7-8-15-12(10-13)9-11-5-3-4-6-14(11)15;/h3-8,10H,9H2,1-2H3;1H. The number of benzene rings is 2. The highest BCUT2D eigenvalue weighted by molar-refractivity contribution is 5.85. The van der Waals surface area contributed by atoms with Gasteiger partial charge in [-0.1, -0.05) is 30.3 Å². The summed E-state index contributed by atoms with van der Waals surface area (Å²) in [4.78, 5) is 2.16. The quantitative estimate of drug-likeness (QED) is 0.631. The average molecular weight is 246 g/mol. The second-order valence-corrected chi connectivity index (χ2v) is 4.57. The molecular weight excluding hydrogens is 230 g/mol. The van der Waals surface area contributed by atoms with Crippen LogP contribution in [0.5, 0.6) is 0 Å². The van der Waals surface area contributed by atoms with Crippen molar-refractivity contribution in [3.05, 3.63) is 53.6 Å². The molecule has 1 nitrogen and oxygen atoms in total. The van der Waals surface area contributed by atoms with E-state index in [1.54, 1.807) is 0 Å². The molecule has 0 aliphatic heterocycles. The molecule has 0 radical (unpaired) electrons. The zero-order valence-electron chi connectivity index (χ0n) is 10.1. The maximum Gasteiger partial charge on any atom is 0.0364 e. The van der Waals surface area contributed by atoms with Crippen LogP contribution >= 0.6 is 12.4 Å². The van der Waals surface area contributed by atoms with Gasteiger partial charge in [-0.15, -0.1) is 12.4 Å². The van der Waals surface area contributed by atoms with Gasteiger partial charge in [0.2, 0.25) is 0 Å². The Hall–Kier alpha value is -1.47. The van der Waals surface area contributed by atoms with Gasteiger partial charge in [0.25, 0.3) is 0 Å². The molecule has 2 heteroatoms. The van der Waals surface area contributed by atoms with Gasteiger partial charge in [-0.2, -0.15) is 0 Å². The Kier molecular flexibility index (Phi) is 3.12. The summed E-state index contributed by atoms with van der Waals surface area (Å²) in [5.74, 6) is 0. The summed E-state index contributed by atoms with van der Waals surface area (Å²) in [5.41, 5.74) is 7.00. The van der Waals surface area contributed by atoms with Crippen LogP contribution in [0.4, 0.5) is 5.69 Å². The lowest BCUT2D eigenvalue weighted by atomic mass is 10.1. The third kappa shape index (κ3) is 1.91. The third-order valence-electron chi connectivity index (χ3n) is 3.29. The van der Waals surface area contributed by atoms with Crippen LogP contribution < -0.4 is 4.90 Å². The first-order chi connectivity index (χ1) is 7.75. The van der Waals surface area contributed by atoms with Crippen molar-refractivity contribution in [2.75, 3.05) is 19.0 Å². The van der Waals surface area contributed by atoms with Gasteiger partial charge in [0.05, 0.1) is 0 Å². The molecule has 0 unspecified atom stereocenters. The fraction of sp³-hybridized carbons (Fsp3) is 0.200. The van der Waals surface area contributed by atoms with Crippen LogP contribution in [0.2, 0.25) is 0 Å². The van der Waals surface area contributed by atoms with Crippen molar-refractivity contribution in [1.82, 2.24) is 0 Å². The molecule has 0 spiro atoms. The first-order valence-corrected chi connectivity index (χ1v) is 5.64. The Labute approximate surface area is 108 Å². The molecule has 1 aliphatic carbocycles. The van der Waals surface area contributed by atoms with E-state index in [0.29, 0.717) is 0 Å². The van der Waals surface area contributed by atoms with Gasteiger partial charge in [0, 0.05) is 19.8 Å². The summed E-state index contributed by atoms with van der Waals surface area (Å²) in [6, 6.07) is 15.4. The average Bonchev–Trinajstić information content (AvgIpc) is 2.66. The third-order valence-corrected chi connectivity index (χ3v) is 3.29. The minimum absolute atomic E-state index is 0. The molecule has 0 bridgehead atoms. The van der Waals surface area contributed by atoms with Gasteiger partial charge in [-0.3, -0.25) is 0 Å². The van der Waals surface area contributed by atoms with Gasteiger partial charge >= 0.3 is 0 Å². The van der Waals surface area contributed by atoms with Crippen LogP contribution in [0, 0.1) is 0 Å². The van der Waals surface area contributed by atoms with Gasteiger partial charge < -0.3 is 4.90 Å². The number of fused-ring (bicyclic) bond motifs is 3. The van der Waals surface area contributed by atoms with E-state index in [1.807, 2.05) is 0 Å². The molecule has 0 aromatic heterocycles. The number of anilines is 1. The zero-order chi connectivity index (χ0) is 11.1. The molecular formula is C15H16ClN. The molecule has 2 aromatic rings. The summed E-state index contributed by atoms with van der Waals surface area (Å²) in [6.07, 6.45) is 1.08. The molecule has 0 amide bonds. The Bertz CT molecular complexity index is 546. The fourth-order valence-electron chi connectivity index (χ4n) is 2.41. The van der Waals surface area contributed by atoms with Crippen molar-refractivity contribution in [2.24, 2.45) is 0 Å². The van der Waals surface area contributed by atoms with Crippen molar-refractivity contribution >= 4 is 18.1 Å². The predicted octanol–water partition coefficient (Wildman–Crippen LogP) is 3.75. The van der Waals surface area contributed by atoms with E-state index in [9.17, 15) is 0 Å². The maximum atomic E-state index is 2.30. The Morgan fingerprint density at radius 1 is 0.882 bits per heavy atom. The van der Waals surface area contributed by atoms with E-state index in [-0.39, 0.29) is 12.4 Å². The molecule has 0 N–H and O–H groups in total. The Balaban J connectivity index is 0.00000108. The molecule has 0 atom stereocenters. The zero-order valence-corrected chi connectivity index (χ0v) is 10.9. The van der Waals surface area contributed by atoms with E-state index < -0.39 is 0 Å². The highest BCUT2D eigenvalue weighted by atomic mass is 35.5. The molecule has 0 saturated carbocycles. The number of hydrogen-bond donors (Lipinski definition) is 0. The second kappa shape index (κ2) is 4.42. The normalized spacial score (nSPS) is 11.4. The van der Waals surface area contributed by atoms with E-state index >= 15 is 0 Å². The fourth-order valence-corrected chi connectivity index (χ4v) is 2.41. The molecule has 0 heterocycles. The topological polar surface area (TPSA) is 3.24 Å². The second-order valence-electron chi connectivity index (χ2n) is 4.57. The summed E-state index contributed by atoms with van der Waals surface area (Å²) >= 11 is 0. The van der Waals surface area contributed by atoms with Gasteiger partial charge in [0.15, 0.2) is 0 Å². The lowest BCUT2D eigenvalue weighted by molar-refractivity contribution is 1.12. The summed E-state index contributed by atoms with van der Waals surface area (Å²) in [7, 11) is 4.17. The number of rotatable bonds is 1. The van der Waals surface area contributed by atoms with Gasteiger partial charge in [-0.25, -0.2) is 0 Å². The van der Waals surface area contributed by atoms with Crippen LogP contribution in [-0.4, -0.2) is 14.1 Å². The van der Waals surface area contributed by atoms with Crippen molar-refractivity contribution in [3.63, 3.8) is 0 Å². The summed E-state index contributed by atoms with van der Waals surface area (Å²) in [6.45, 7) is 0. The molecule has 88 valence electrons. The number of hydrogen-bond acceptors (Lipinski definition) is 1. The number of nitrogens with zero attached hydrogens (tertiary/aromatic N) is 1. The highest BCUT2D eigenvalue weighted by Gasteiger charge is 2.17. The number of halogens is 1. The molecule has 1 aliphatic rings. The molecule has 17 heavy (non-hydrogen) atoms. The molecule has 0 saturated heterocycles. The monoisotopic (exact) mass is 245 g/mol. The smallest absolute Gasteiger partial charge is 0.0364 e. The molecule has 3 rings (SSSR count).